The number of hydrogen-bond acceptors (Lipinski definition) is 2. The van der Waals surface area contributed by atoms with Gasteiger partial charge in [-0.3, -0.25) is 0 Å². The molecule has 3 nitrogen and oxygen atoms in total. The smallest absolute Gasteiger partial charge is 0.407 e. The molecule has 0 aliphatic heterocycles. The van der Waals surface area contributed by atoms with Gasteiger partial charge in [0.25, 0.3) is 0 Å². The summed E-state index contributed by atoms with van der Waals surface area (Å²) in [6.45, 7) is 5.07. The Hall–Kier alpha value is -0.800. The van der Waals surface area contributed by atoms with Crippen LogP contribution in [-0.4, -0.2) is 24.4 Å². The van der Waals surface area contributed by atoms with Crippen molar-refractivity contribution in [3.63, 3.8) is 0 Å². The minimum absolute atomic E-state index is 0.0142. The van der Waals surface area contributed by atoms with E-state index in [-0.39, 0.29) is 18.1 Å². The van der Waals surface area contributed by atoms with Crippen molar-refractivity contribution in [1.29, 1.82) is 0 Å². The molecule has 1 rings (SSSR count). The maximum absolute atomic E-state index is 12.7. The molecule has 0 aromatic heterocycles. The van der Waals surface area contributed by atoms with Crippen molar-refractivity contribution in [2.45, 2.75) is 45.5 Å². The van der Waals surface area contributed by atoms with Gasteiger partial charge < -0.3 is 10.1 Å². The van der Waals surface area contributed by atoms with Gasteiger partial charge in [-0.05, 0) is 27.2 Å². The third kappa shape index (κ3) is 3.20. The molecule has 1 aliphatic rings. The lowest BCUT2D eigenvalue weighted by Crippen LogP contribution is -2.30. The van der Waals surface area contributed by atoms with E-state index >= 15 is 0 Å². The summed E-state index contributed by atoms with van der Waals surface area (Å²) in [4.78, 5) is 11.0. The third-order valence-electron chi connectivity index (χ3n) is 2.08. The Bertz CT molecular complexity index is 194. The van der Waals surface area contributed by atoms with Gasteiger partial charge in [0.1, 0.15) is 6.17 Å². The number of ether oxygens (including phenoxy) is 1. The first-order valence-electron chi connectivity index (χ1n) is 4.62. The summed E-state index contributed by atoms with van der Waals surface area (Å²) in [5, 5.41) is 2.62. The lowest BCUT2D eigenvalue weighted by Gasteiger charge is -2.09. The standard InChI is InChI=1S/C9H16FNO2/c1-5(2)13-9(12)11-8-4-7(8)6(3)10/h5-8H,4H2,1-3H3,(H,11,12)/t6?,7-,8+/m0/s1. The van der Waals surface area contributed by atoms with Gasteiger partial charge in [-0.25, -0.2) is 9.18 Å². The van der Waals surface area contributed by atoms with Gasteiger partial charge >= 0.3 is 6.09 Å². The van der Waals surface area contributed by atoms with Gasteiger partial charge in [0.05, 0.1) is 6.10 Å². The highest BCUT2D eigenvalue weighted by atomic mass is 19.1. The normalized spacial score (nSPS) is 28.4. The molecule has 0 radical (unpaired) electrons. The van der Waals surface area contributed by atoms with Crippen LogP contribution in [0.3, 0.4) is 0 Å². The molecule has 1 fully saturated rings. The molecular weight excluding hydrogens is 173 g/mol. The van der Waals surface area contributed by atoms with Gasteiger partial charge in [-0.2, -0.15) is 0 Å². The highest BCUT2D eigenvalue weighted by Crippen LogP contribution is 2.35. The summed E-state index contributed by atoms with van der Waals surface area (Å²) in [5.41, 5.74) is 0. The molecule has 1 aliphatic carbocycles. The number of rotatable bonds is 3. The van der Waals surface area contributed by atoms with Crippen molar-refractivity contribution in [1.82, 2.24) is 5.32 Å². The topological polar surface area (TPSA) is 38.3 Å². The average Bonchev–Trinajstić information content (AvgIpc) is 2.64. The predicted octanol–water partition coefficient (Wildman–Crippen LogP) is 1.87. The largest absolute Gasteiger partial charge is 0.447 e. The average molecular weight is 189 g/mol. The van der Waals surface area contributed by atoms with Gasteiger partial charge in [-0.1, -0.05) is 0 Å². The fourth-order valence-electron chi connectivity index (χ4n) is 1.29. The third-order valence-corrected chi connectivity index (χ3v) is 2.08. The van der Waals surface area contributed by atoms with Crippen LogP contribution in [0.5, 0.6) is 0 Å². The number of hydrogen-bond donors (Lipinski definition) is 1. The van der Waals surface area contributed by atoms with Crippen molar-refractivity contribution in [3.8, 4) is 0 Å². The summed E-state index contributed by atoms with van der Waals surface area (Å²) in [5.74, 6) is -0.0142. The Labute approximate surface area is 77.6 Å². The number of carbonyl (C=O) groups excluding carboxylic acids is 1. The summed E-state index contributed by atoms with van der Waals surface area (Å²) >= 11 is 0. The number of nitrogens with one attached hydrogen (secondary N) is 1. The van der Waals surface area contributed by atoms with Crippen molar-refractivity contribution in [2.75, 3.05) is 0 Å². The van der Waals surface area contributed by atoms with Crippen LogP contribution in [-0.2, 0) is 4.74 Å². The summed E-state index contributed by atoms with van der Waals surface area (Å²) in [7, 11) is 0. The lowest BCUT2D eigenvalue weighted by atomic mass is 10.3. The molecule has 4 heteroatoms. The van der Waals surface area contributed by atoms with Crippen LogP contribution in [0, 0.1) is 5.92 Å². The van der Waals surface area contributed by atoms with Gasteiger partial charge in [0.2, 0.25) is 0 Å². The maximum Gasteiger partial charge on any atom is 0.407 e. The van der Waals surface area contributed by atoms with E-state index in [0.717, 1.165) is 6.42 Å². The summed E-state index contributed by atoms with van der Waals surface area (Å²) < 4.78 is 17.5. The fraction of sp³-hybridized carbons (Fsp3) is 0.889. The highest BCUT2D eigenvalue weighted by Gasteiger charge is 2.42. The molecule has 3 atom stereocenters. The monoisotopic (exact) mass is 189 g/mol. The number of halogens is 1. The minimum atomic E-state index is -0.843. The van der Waals surface area contributed by atoms with Crippen LogP contribution >= 0.6 is 0 Å². The molecule has 0 aromatic carbocycles. The number of alkyl carbamates (subject to hydrolysis) is 1. The molecule has 0 bridgehead atoms. The van der Waals surface area contributed by atoms with Crippen LogP contribution in [0.4, 0.5) is 9.18 Å². The number of alkyl halides is 1. The molecule has 13 heavy (non-hydrogen) atoms. The zero-order valence-electron chi connectivity index (χ0n) is 8.21. The minimum Gasteiger partial charge on any atom is -0.447 e. The van der Waals surface area contributed by atoms with Crippen molar-refractivity contribution >= 4 is 6.09 Å². The van der Waals surface area contributed by atoms with Crippen molar-refractivity contribution in [2.24, 2.45) is 5.92 Å². The quantitative estimate of drug-likeness (QED) is 0.736. The van der Waals surface area contributed by atoms with E-state index in [4.69, 9.17) is 4.74 Å². The molecule has 1 saturated carbocycles. The van der Waals surface area contributed by atoms with Crippen molar-refractivity contribution in [3.05, 3.63) is 0 Å². The highest BCUT2D eigenvalue weighted by molar-refractivity contribution is 5.68. The molecule has 0 saturated heterocycles. The fourth-order valence-corrected chi connectivity index (χ4v) is 1.29. The molecule has 0 heterocycles. The molecule has 76 valence electrons. The van der Waals surface area contributed by atoms with Crippen LogP contribution < -0.4 is 5.32 Å². The Kier molecular flexibility index (Phi) is 3.12. The van der Waals surface area contributed by atoms with Crippen LogP contribution in [0.15, 0.2) is 0 Å². The first-order chi connectivity index (χ1) is 6.00. The molecule has 0 aromatic rings. The first kappa shape index (κ1) is 10.3. The summed E-state index contributed by atoms with van der Waals surface area (Å²) in [6, 6.07) is -0.0220. The van der Waals surface area contributed by atoms with E-state index in [1.807, 2.05) is 0 Å². The second-order valence-corrected chi connectivity index (χ2v) is 3.78. The van der Waals surface area contributed by atoms with E-state index in [2.05, 4.69) is 5.32 Å². The van der Waals surface area contributed by atoms with Gasteiger partial charge in [-0.15, -0.1) is 0 Å². The molecular formula is C9H16FNO2. The van der Waals surface area contributed by atoms with Crippen molar-refractivity contribution < 1.29 is 13.9 Å². The zero-order valence-corrected chi connectivity index (χ0v) is 8.21. The van der Waals surface area contributed by atoms with Crippen LogP contribution in [0.2, 0.25) is 0 Å². The number of carbonyl (C=O) groups is 1. The van der Waals surface area contributed by atoms with E-state index in [0.29, 0.717) is 0 Å². The Balaban J connectivity index is 2.17. The zero-order chi connectivity index (χ0) is 10.0. The van der Waals surface area contributed by atoms with Gasteiger partial charge in [0.15, 0.2) is 0 Å². The second-order valence-electron chi connectivity index (χ2n) is 3.78. The predicted molar refractivity (Wildman–Crippen MR) is 47.2 cm³/mol. The first-order valence-corrected chi connectivity index (χ1v) is 4.62. The Morgan fingerprint density at radius 2 is 2.15 bits per heavy atom. The van der Waals surface area contributed by atoms with Gasteiger partial charge in [0, 0.05) is 12.0 Å². The molecule has 1 unspecified atom stereocenters. The van der Waals surface area contributed by atoms with Crippen LogP contribution in [0.25, 0.3) is 0 Å². The lowest BCUT2D eigenvalue weighted by molar-refractivity contribution is 0.114. The second kappa shape index (κ2) is 3.94. The van der Waals surface area contributed by atoms with E-state index in [1.54, 1.807) is 13.8 Å². The molecule has 1 N–H and O–H groups in total. The Morgan fingerprint density at radius 3 is 2.54 bits per heavy atom. The van der Waals surface area contributed by atoms with E-state index in [1.165, 1.54) is 6.92 Å². The molecule has 1 amide bonds. The Morgan fingerprint density at radius 1 is 1.54 bits per heavy atom. The maximum atomic E-state index is 12.7. The SMILES string of the molecule is CC(C)OC(=O)N[C@@H]1C[C@H]1C(C)F. The molecule has 0 spiro atoms. The van der Waals surface area contributed by atoms with E-state index < -0.39 is 12.3 Å². The van der Waals surface area contributed by atoms with Crippen LogP contribution in [0.1, 0.15) is 27.2 Å². The summed E-state index contributed by atoms with van der Waals surface area (Å²) in [6.07, 6.45) is -0.683. The van der Waals surface area contributed by atoms with E-state index in [9.17, 15) is 9.18 Å². The number of amides is 1.